The summed E-state index contributed by atoms with van der Waals surface area (Å²) in [7, 11) is 3.02. The number of benzene rings is 1. The van der Waals surface area contributed by atoms with Gasteiger partial charge in [0.05, 0.1) is 25.5 Å². The summed E-state index contributed by atoms with van der Waals surface area (Å²) in [6, 6.07) is 9.42. The van der Waals surface area contributed by atoms with E-state index in [1.165, 1.54) is 19.1 Å². The lowest BCUT2D eigenvalue weighted by molar-refractivity contribution is -0.121. The van der Waals surface area contributed by atoms with Gasteiger partial charge >= 0.3 is 0 Å². The van der Waals surface area contributed by atoms with Crippen molar-refractivity contribution in [2.75, 3.05) is 27.2 Å². The van der Waals surface area contributed by atoms with Crippen LogP contribution in [-0.2, 0) is 4.79 Å². The predicted octanol–water partition coefficient (Wildman–Crippen LogP) is 1.09. The van der Waals surface area contributed by atoms with Crippen molar-refractivity contribution in [1.82, 2.24) is 20.0 Å². The van der Waals surface area contributed by atoms with Gasteiger partial charge in [-0.3, -0.25) is 9.59 Å². The molecule has 0 fully saturated rings. The van der Waals surface area contributed by atoms with Crippen molar-refractivity contribution >= 4 is 11.8 Å². The van der Waals surface area contributed by atoms with Crippen LogP contribution < -0.4 is 10.1 Å². The summed E-state index contributed by atoms with van der Waals surface area (Å²) in [4.78, 5) is 25.6. The number of carbonyl (C=O) groups excluding carboxylic acids is 2. The molecule has 23 heavy (non-hydrogen) atoms. The molecule has 122 valence electrons. The average molecular weight is 316 g/mol. The molecule has 2 rings (SSSR count). The molecule has 7 heteroatoms. The Morgan fingerprint density at radius 1 is 1.30 bits per heavy atom. The first-order chi connectivity index (χ1) is 11.1. The Hall–Kier alpha value is -2.83. The number of hydrogen-bond acceptors (Lipinski definition) is 4. The van der Waals surface area contributed by atoms with E-state index in [0.29, 0.717) is 12.3 Å². The van der Waals surface area contributed by atoms with Gasteiger partial charge in [0.15, 0.2) is 11.4 Å². The zero-order valence-electron chi connectivity index (χ0n) is 13.4. The van der Waals surface area contributed by atoms with Crippen LogP contribution in [0.1, 0.15) is 17.4 Å². The van der Waals surface area contributed by atoms with E-state index in [4.69, 9.17) is 4.74 Å². The van der Waals surface area contributed by atoms with Gasteiger partial charge in [-0.2, -0.15) is 5.10 Å². The average Bonchev–Trinajstić information content (AvgIpc) is 3.04. The lowest BCUT2D eigenvalue weighted by atomic mass is 10.3. The molecule has 1 aromatic carbocycles. The molecule has 7 nitrogen and oxygen atoms in total. The first-order valence-corrected chi connectivity index (χ1v) is 7.29. The van der Waals surface area contributed by atoms with Crippen LogP contribution in [-0.4, -0.2) is 53.7 Å². The lowest BCUT2D eigenvalue weighted by Crippen LogP contribution is -2.39. The minimum absolute atomic E-state index is 0.0207. The van der Waals surface area contributed by atoms with Crippen LogP contribution in [0.5, 0.6) is 5.75 Å². The zero-order chi connectivity index (χ0) is 16.8. The highest BCUT2D eigenvalue weighted by atomic mass is 16.5. The molecule has 1 aromatic heterocycles. The third-order valence-electron chi connectivity index (χ3n) is 3.41. The fourth-order valence-corrected chi connectivity index (χ4v) is 2.10. The maximum Gasteiger partial charge on any atom is 0.278 e. The Labute approximate surface area is 134 Å². The summed E-state index contributed by atoms with van der Waals surface area (Å²) < 4.78 is 6.85. The molecule has 0 aliphatic heterocycles. The molecule has 0 saturated heterocycles. The van der Waals surface area contributed by atoms with E-state index < -0.39 is 0 Å². The summed E-state index contributed by atoms with van der Waals surface area (Å²) in [6.45, 7) is 2.18. The van der Waals surface area contributed by atoms with Crippen molar-refractivity contribution < 1.29 is 14.3 Å². The van der Waals surface area contributed by atoms with E-state index in [9.17, 15) is 9.59 Å². The molecule has 0 aliphatic carbocycles. The second-order valence-electron chi connectivity index (χ2n) is 4.82. The molecule has 0 spiro atoms. The molecule has 1 N–H and O–H groups in total. The van der Waals surface area contributed by atoms with Crippen molar-refractivity contribution in [3.8, 4) is 11.4 Å². The fourth-order valence-electron chi connectivity index (χ4n) is 2.10. The van der Waals surface area contributed by atoms with Gasteiger partial charge in [-0.1, -0.05) is 18.2 Å². The molecule has 1 heterocycles. The van der Waals surface area contributed by atoms with Gasteiger partial charge in [0.2, 0.25) is 5.91 Å². The lowest BCUT2D eigenvalue weighted by Gasteiger charge is -2.18. The second kappa shape index (κ2) is 7.44. The molecule has 0 bridgehead atoms. The monoisotopic (exact) mass is 316 g/mol. The van der Waals surface area contributed by atoms with Crippen LogP contribution in [0.4, 0.5) is 0 Å². The first-order valence-electron chi connectivity index (χ1n) is 7.29. The topological polar surface area (TPSA) is 76.5 Å². The highest BCUT2D eigenvalue weighted by Crippen LogP contribution is 2.21. The Morgan fingerprint density at radius 2 is 2.00 bits per heavy atom. The Kier molecular flexibility index (Phi) is 5.35. The van der Waals surface area contributed by atoms with Crippen LogP contribution in [0.15, 0.2) is 36.5 Å². The van der Waals surface area contributed by atoms with Crippen LogP contribution in [0.3, 0.4) is 0 Å². The molecule has 0 unspecified atom stereocenters. The molecule has 0 saturated carbocycles. The van der Waals surface area contributed by atoms with E-state index in [1.54, 1.807) is 10.9 Å². The molecule has 2 amide bonds. The van der Waals surface area contributed by atoms with Gasteiger partial charge in [-0.25, -0.2) is 4.68 Å². The molecule has 2 aromatic rings. The number of nitrogens with zero attached hydrogens (tertiary/aromatic N) is 3. The maximum absolute atomic E-state index is 12.6. The summed E-state index contributed by atoms with van der Waals surface area (Å²) >= 11 is 0. The number of likely N-dealkylation sites (N-methyl/N-ethyl adjacent to an activating group) is 2. The number of methoxy groups -OCH3 is 1. The molecule has 0 radical (unpaired) electrons. The van der Waals surface area contributed by atoms with Crippen molar-refractivity contribution in [2.24, 2.45) is 0 Å². The van der Waals surface area contributed by atoms with Gasteiger partial charge in [0, 0.05) is 13.6 Å². The van der Waals surface area contributed by atoms with Crippen LogP contribution in [0, 0.1) is 0 Å². The maximum atomic E-state index is 12.6. The highest BCUT2D eigenvalue weighted by Gasteiger charge is 2.24. The fraction of sp³-hybridized carbons (Fsp3) is 0.312. The van der Waals surface area contributed by atoms with Crippen molar-refractivity contribution in [1.29, 1.82) is 0 Å². The van der Waals surface area contributed by atoms with Crippen molar-refractivity contribution in [3.63, 3.8) is 0 Å². The number of ether oxygens (including phenoxy) is 1. The molecular weight excluding hydrogens is 296 g/mol. The summed E-state index contributed by atoms with van der Waals surface area (Å²) in [5.41, 5.74) is 1.00. The largest absolute Gasteiger partial charge is 0.493 e. The van der Waals surface area contributed by atoms with Crippen LogP contribution in [0.2, 0.25) is 0 Å². The molecular formula is C16H20N4O3. The minimum atomic E-state index is -0.345. The van der Waals surface area contributed by atoms with Crippen molar-refractivity contribution in [2.45, 2.75) is 6.92 Å². The smallest absolute Gasteiger partial charge is 0.278 e. The van der Waals surface area contributed by atoms with E-state index in [1.807, 2.05) is 37.3 Å². The Bertz CT molecular complexity index is 682. The van der Waals surface area contributed by atoms with E-state index in [0.717, 1.165) is 5.69 Å². The number of amides is 2. The standard InChI is InChI=1S/C16H20N4O3/c1-4-19(11-14(21)17-2)16(22)15-13(23-3)10-20(18-15)12-8-6-5-7-9-12/h5-10H,4,11H2,1-3H3,(H,17,21). The second-order valence-corrected chi connectivity index (χ2v) is 4.82. The van der Waals surface area contributed by atoms with Gasteiger partial charge in [-0.05, 0) is 19.1 Å². The number of nitrogens with one attached hydrogen (secondary N) is 1. The predicted molar refractivity (Wildman–Crippen MR) is 85.8 cm³/mol. The molecule has 0 aliphatic rings. The van der Waals surface area contributed by atoms with Crippen molar-refractivity contribution in [3.05, 3.63) is 42.2 Å². The highest BCUT2D eigenvalue weighted by molar-refractivity contribution is 5.97. The van der Waals surface area contributed by atoms with Gasteiger partial charge in [-0.15, -0.1) is 0 Å². The number of hydrogen-bond donors (Lipinski definition) is 1. The number of para-hydroxylation sites is 1. The third kappa shape index (κ3) is 3.68. The van der Waals surface area contributed by atoms with E-state index in [-0.39, 0.29) is 24.1 Å². The summed E-state index contributed by atoms with van der Waals surface area (Å²) in [5, 5.41) is 6.83. The number of aromatic nitrogens is 2. The SMILES string of the molecule is CCN(CC(=O)NC)C(=O)c1nn(-c2ccccc2)cc1OC. The third-order valence-corrected chi connectivity index (χ3v) is 3.41. The van der Waals surface area contributed by atoms with Gasteiger partial charge < -0.3 is 15.0 Å². The van der Waals surface area contributed by atoms with E-state index >= 15 is 0 Å². The molecule has 0 atom stereocenters. The van der Waals surface area contributed by atoms with Gasteiger partial charge in [0.25, 0.3) is 5.91 Å². The van der Waals surface area contributed by atoms with Crippen LogP contribution in [0.25, 0.3) is 5.69 Å². The zero-order valence-corrected chi connectivity index (χ0v) is 13.4. The Balaban J connectivity index is 2.32. The number of rotatable bonds is 6. The summed E-state index contributed by atoms with van der Waals surface area (Å²) in [5.74, 6) is -0.210. The number of carbonyl (C=O) groups is 2. The Morgan fingerprint density at radius 3 is 2.57 bits per heavy atom. The van der Waals surface area contributed by atoms with E-state index in [2.05, 4.69) is 10.4 Å². The summed E-state index contributed by atoms with van der Waals surface area (Å²) in [6.07, 6.45) is 1.65. The normalized spacial score (nSPS) is 10.2. The first kappa shape index (κ1) is 16.5. The quantitative estimate of drug-likeness (QED) is 0.865. The minimum Gasteiger partial charge on any atom is -0.493 e. The van der Waals surface area contributed by atoms with Gasteiger partial charge in [0.1, 0.15) is 0 Å². The van der Waals surface area contributed by atoms with Crippen LogP contribution >= 0.6 is 0 Å².